The van der Waals surface area contributed by atoms with Crippen molar-refractivity contribution in [2.45, 2.75) is 136 Å². The first-order chi connectivity index (χ1) is 15.7. The summed E-state index contributed by atoms with van der Waals surface area (Å²) in [5.74, 6) is 0.866. The summed E-state index contributed by atoms with van der Waals surface area (Å²) >= 11 is 0. The van der Waals surface area contributed by atoms with Crippen LogP contribution in [0, 0.1) is 22.7 Å². The van der Waals surface area contributed by atoms with Crippen molar-refractivity contribution in [2.24, 2.45) is 22.7 Å². The molecule has 0 heterocycles. The van der Waals surface area contributed by atoms with E-state index in [0.717, 1.165) is 44.9 Å². The van der Waals surface area contributed by atoms with E-state index in [0.29, 0.717) is 17.8 Å². The second-order valence-electron chi connectivity index (χ2n) is 12.7. The van der Waals surface area contributed by atoms with Crippen LogP contribution in [0.4, 0.5) is 4.79 Å². The maximum Gasteiger partial charge on any atom is 0.324 e. The number of carbonyl (C=O) groups excluding carboxylic acids is 2. The molecule has 0 spiro atoms. The average molecular weight is 457 g/mol. The van der Waals surface area contributed by atoms with Gasteiger partial charge in [-0.1, -0.05) is 77.9 Å². The predicted molar refractivity (Wildman–Crippen MR) is 135 cm³/mol. The Labute approximate surface area is 202 Å². The summed E-state index contributed by atoms with van der Waals surface area (Å²) in [6, 6.07) is 0.180. The zero-order valence-electron chi connectivity index (χ0n) is 21.6. The molecule has 33 heavy (non-hydrogen) atoms. The van der Waals surface area contributed by atoms with Crippen LogP contribution >= 0.6 is 0 Å². The van der Waals surface area contributed by atoms with E-state index < -0.39 is 0 Å². The molecule has 4 fully saturated rings. The van der Waals surface area contributed by atoms with Crippen molar-refractivity contribution in [3.8, 4) is 0 Å². The lowest BCUT2D eigenvalue weighted by Gasteiger charge is -2.58. The molecular weight excluding hydrogens is 408 g/mol. The summed E-state index contributed by atoms with van der Waals surface area (Å²) in [5.41, 5.74) is 1.68. The van der Waals surface area contributed by atoms with Crippen LogP contribution in [0.5, 0.6) is 0 Å². The lowest BCUT2D eigenvalue weighted by molar-refractivity contribution is -0.135. The van der Waals surface area contributed by atoms with Gasteiger partial charge in [0, 0.05) is 18.5 Å². The van der Waals surface area contributed by atoms with E-state index in [1.54, 1.807) is 4.90 Å². The Morgan fingerprint density at radius 3 is 2.21 bits per heavy atom. The van der Waals surface area contributed by atoms with E-state index in [1.165, 1.54) is 56.9 Å². The van der Waals surface area contributed by atoms with Gasteiger partial charge >= 0.3 is 6.03 Å². The number of nitrogens with one attached hydrogen (secondary N) is 1. The molecule has 4 aliphatic carbocycles. The molecule has 4 heteroatoms. The van der Waals surface area contributed by atoms with Crippen LogP contribution in [0.15, 0.2) is 12.2 Å². The first-order valence-corrected chi connectivity index (χ1v) is 14.0. The minimum absolute atomic E-state index is 0.0478. The second-order valence-corrected chi connectivity index (χ2v) is 12.7. The Balaban J connectivity index is 1.53. The van der Waals surface area contributed by atoms with Crippen molar-refractivity contribution in [1.29, 1.82) is 0 Å². The van der Waals surface area contributed by atoms with Gasteiger partial charge in [0.15, 0.2) is 0 Å². The van der Waals surface area contributed by atoms with Gasteiger partial charge in [0.25, 0.3) is 0 Å². The number of hydrogen-bond acceptors (Lipinski definition) is 2. The van der Waals surface area contributed by atoms with Gasteiger partial charge in [-0.3, -0.25) is 9.69 Å². The van der Waals surface area contributed by atoms with E-state index in [-0.39, 0.29) is 35.4 Å². The second kappa shape index (κ2) is 10.1. The Morgan fingerprint density at radius 2 is 1.55 bits per heavy atom. The molecular formula is C29H48N2O2. The minimum Gasteiger partial charge on any atom is -0.335 e. The highest BCUT2D eigenvalue weighted by Crippen LogP contribution is 2.61. The highest BCUT2D eigenvalue weighted by molar-refractivity contribution is 5.95. The van der Waals surface area contributed by atoms with Crippen LogP contribution in [0.1, 0.15) is 124 Å². The molecule has 4 rings (SSSR count). The Hall–Kier alpha value is -1.32. The summed E-state index contributed by atoms with van der Waals surface area (Å²) in [4.78, 5) is 29.1. The van der Waals surface area contributed by atoms with Gasteiger partial charge in [-0.05, 0) is 74.0 Å². The van der Waals surface area contributed by atoms with E-state index in [4.69, 9.17) is 0 Å². The molecule has 4 aliphatic rings. The van der Waals surface area contributed by atoms with E-state index in [2.05, 4.69) is 32.7 Å². The highest BCUT2D eigenvalue weighted by Gasteiger charge is 2.53. The maximum atomic E-state index is 13.9. The summed E-state index contributed by atoms with van der Waals surface area (Å²) in [5, 5.41) is 3.27. The standard InChI is InChI=1S/C29H48N2O2/c1-21-16-17-25-28(2,3)18-11-19-29(25,4)24(21)20-26(32)31(23-14-9-6-10-15-23)27(33)30-22-12-7-5-8-13-22/h22-25H,1,5-20H2,2-4H3,(H,30,33)/t24-,25+,29-/m1/s1. The zero-order valence-corrected chi connectivity index (χ0v) is 21.6. The molecule has 1 N–H and O–H groups in total. The third-order valence-corrected chi connectivity index (χ3v) is 10.1. The maximum absolute atomic E-state index is 13.9. The smallest absolute Gasteiger partial charge is 0.324 e. The van der Waals surface area contributed by atoms with Crippen LogP contribution in [0.2, 0.25) is 0 Å². The van der Waals surface area contributed by atoms with Crippen molar-refractivity contribution in [1.82, 2.24) is 10.2 Å². The predicted octanol–water partition coefficient (Wildman–Crippen LogP) is 7.38. The first-order valence-electron chi connectivity index (χ1n) is 14.0. The normalized spacial score (nSPS) is 33.2. The molecule has 0 bridgehead atoms. The third kappa shape index (κ3) is 5.20. The Bertz CT molecular complexity index is 732. The van der Waals surface area contributed by atoms with Crippen LogP contribution in [0.3, 0.4) is 0 Å². The number of fused-ring (bicyclic) bond motifs is 1. The molecule has 0 aromatic heterocycles. The number of rotatable bonds is 4. The number of amides is 3. The van der Waals surface area contributed by atoms with E-state index >= 15 is 0 Å². The number of carbonyl (C=O) groups is 2. The third-order valence-electron chi connectivity index (χ3n) is 10.1. The van der Waals surface area contributed by atoms with Crippen LogP contribution < -0.4 is 5.32 Å². The fraction of sp³-hybridized carbons (Fsp3) is 0.862. The first kappa shape index (κ1) is 24.8. The van der Waals surface area contributed by atoms with Crippen molar-refractivity contribution in [3.05, 3.63) is 12.2 Å². The summed E-state index contributed by atoms with van der Waals surface area (Å²) in [6.45, 7) is 11.7. The van der Waals surface area contributed by atoms with Gasteiger partial charge in [0.2, 0.25) is 5.91 Å². The molecule has 0 aromatic rings. The van der Waals surface area contributed by atoms with Gasteiger partial charge in [0.05, 0.1) is 0 Å². The zero-order chi connectivity index (χ0) is 23.6. The molecule has 0 aliphatic heterocycles. The highest BCUT2D eigenvalue weighted by atomic mass is 16.2. The van der Waals surface area contributed by atoms with Crippen LogP contribution in [-0.4, -0.2) is 28.9 Å². The number of hydrogen-bond donors (Lipinski definition) is 1. The SMILES string of the molecule is C=C1CC[C@H]2C(C)(C)CCC[C@]2(C)[C@@H]1CC(=O)N(C(=O)NC1CCCCC1)C1CCCCC1. The largest absolute Gasteiger partial charge is 0.335 e. The quantitative estimate of drug-likeness (QED) is 0.449. The number of nitrogens with zero attached hydrogens (tertiary/aromatic N) is 1. The van der Waals surface area contributed by atoms with Crippen molar-refractivity contribution >= 4 is 11.9 Å². The van der Waals surface area contributed by atoms with E-state index in [9.17, 15) is 9.59 Å². The van der Waals surface area contributed by atoms with Crippen LogP contribution in [0.25, 0.3) is 0 Å². The Morgan fingerprint density at radius 1 is 0.909 bits per heavy atom. The molecule has 186 valence electrons. The van der Waals surface area contributed by atoms with Gasteiger partial charge in [-0.2, -0.15) is 0 Å². The monoisotopic (exact) mass is 456 g/mol. The topological polar surface area (TPSA) is 49.4 Å². The van der Waals surface area contributed by atoms with Gasteiger partial charge in [-0.25, -0.2) is 4.79 Å². The number of allylic oxidation sites excluding steroid dienone is 1. The van der Waals surface area contributed by atoms with Gasteiger partial charge in [-0.15, -0.1) is 0 Å². The fourth-order valence-corrected chi connectivity index (χ4v) is 8.24. The minimum atomic E-state index is -0.120. The van der Waals surface area contributed by atoms with Gasteiger partial charge in [0.1, 0.15) is 0 Å². The lowest BCUT2D eigenvalue weighted by atomic mass is 9.47. The van der Waals surface area contributed by atoms with Crippen molar-refractivity contribution in [3.63, 3.8) is 0 Å². The molecule has 3 amide bonds. The molecule has 4 nitrogen and oxygen atoms in total. The van der Waals surface area contributed by atoms with Crippen molar-refractivity contribution in [2.75, 3.05) is 0 Å². The summed E-state index contributed by atoms with van der Waals surface area (Å²) in [7, 11) is 0. The fourth-order valence-electron chi connectivity index (χ4n) is 8.24. The van der Waals surface area contributed by atoms with Gasteiger partial charge < -0.3 is 5.32 Å². The number of urea groups is 1. The molecule has 0 radical (unpaired) electrons. The van der Waals surface area contributed by atoms with Crippen LogP contribution in [-0.2, 0) is 4.79 Å². The molecule has 0 aromatic carbocycles. The average Bonchev–Trinajstić information content (AvgIpc) is 2.77. The molecule has 0 unspecified atom stereocenters. The Kier molecular flexibility index (Phi) is 7.60. The molecule has 3 atom stereocenters. The van der Waals surface area contributed by atoms with E-state index in [1.807, 2.05) is 0 Å². The molecule has 4 saturated carbocycles. The number of imide groups is 1. The van der Waals surface area contributed by atoms with Crippen molar-refractivity contribution < 1.29 is 9.59 Å². The lowest BCUT2D eigenvalue weighted by Crippen LogP contribution is -2.55. The summed E-state index contributed by atoms with van der Waals surface area (Å²) < 4.78 is 0. The summed E-state index contributed by atoms with van der Waals surface area (Å²) in [6.07, 6.45) is 17.5. The molecule has 0 saturated heterocycles.